The summed E-state index contributed by atoms with van der Waals surface area (Å²) in [5.41, 5.74) is 2.09. The average molecular weight is 381 g/mol. The number of carbonyl (C=O) groups is 2. The number of Topliss-reactive ketones (excluding diaryl/α,β-unsaturated/α-hetero) is 1. The minimum atomic E-state index is -0.622. The number of aliphatic hydroxyl groups is 1. The van der Waals surface area contributed by atoms with Crippen LogP contribution in [0.2, 0.25) is 0 Å². The Labute approximate surface area is 142 Å². The van der Waals surface area contributed by atoms with E-state index in [0.717, 1.165) is 6.21 Å². The molecule has 0 atom stereocenters. The molecule has 0 saturated heterocycles. The highest BCUT2D eigenvalue weighted by molar-refractivity contribution is 9.10. The summed E-state index contributed by atoms with van der Waals surface area (Å²) in [4.78, 5) is 24.0. The first kappa shape index (κ1) is 17.2. The highest BCUT2D eigenvalue weighted by Gasteiger charge is 2.32. The van der Waals surface area contributed by atoms with E-state index in [1.54, 1.807) is 6.07 Å². The van der Waals surface area contributed by atoms with Gasteiger partial charge in [0.25, 0.3) is 5.91 Å². The van der Waals surface area contributed by atoms with Gasteiger partial charge in [0.2, 0.25) is 0 Å². The lowest BCUT2D eigenvalue weighted by molar-refractivity contribution is -0.117. The molecule has 122 valence electrons. The van der Waals surface area contributed by atoms with Gasteiger partial charge in [-0.1, -0.05) is 29.8 Å². The van der Waals surface area contributed by atoms with Gasteiger partial charge in [-0.3, -0.25) is 9.59 Å². The number of hydrazone groups is 1. The van der Waals surface area contributed by atoms with Crippen molar-refractivity contribution in [1.82, 2.24) is 5.43 Å². The molecular formula is C16H17BrN2O4. The Bertz CT molecular complexity index is 723. The van der Waals surface area contributed by atoms with Gasteiger partial charge in [0.05, 0.1) is 17.4 Å². The first-order chi connectivity index (χ1) is 10.7. The number of carbonyl (C=O) groups excluding carboxylic acids is 2. The van der Waals surface area contributed by atoms with E-state index in [0.29, 0.717) is 17.3 Å². The molecule has 2 rings (SSSR count). The zero-order valence-corrected chi connectivity index (χ0v) is 14.3. The average Bonchev–Trinajstić information content (AvgIpc) is 2.43. The summed E-state index contributed by atoms with van der Waals surface area (Å²) >= 11 is 3.21. The van der Waals surface area contributed by atoms with Gasteiger partial charge in [0.1, 0.15) is 11.5 Å². The molecule has 1 aromatic carbocycles. The number of amides is 1. The minimum Gasteiger partial charge on any atom is -0.511 e. The van der Waals surface area contributed by atoms with E-state index in [4.69, 9.17) is 0 Å². The fourth-order valence-electron chi connectivity index (χ4n) is 2.35. The van der Waals surface area contributed by atoms with Crippen LogP contribution in [0.3, 0.4) is 0 Å². The number of aromatic hydroxyl groups is 1. The van der Waals surface area contributed by atoms with E-state index < -0.39 is 5.91 Å². The third-order valence-corrected chi connectivity index (χ3v) is 3.95. The van der Waals surface area contributed by atoms with E-state index in [2.05, 4.69) is 26.5 Å². The number of phenolic OH excluding ortho intramolecular Hbond substituents is 1. The van der Waals surface area contributed by atoms with Gasteiger partial charge in [0.15, 0.2) is 5.78 Å². The Balaban J connectivity index is 2.11. The summed E-state index contributed by atoms with van der Waals surface area (Å²) in [6.07, 6.45) is 1.82. The van der Waals surface area contributed by atoms with Crippen molar-refractivity contribution in [2.24, 2.45) is 10.5 Å². The van der Waals surface area contributed by atoms with Gasteiger partial charge in [-0.15, -0.1) is 0 Å². The molecule has 0 heterocycles. The number of halogens is 1. The molecule has 3 N–H and O–H groups in total. The number of hydrogen-bond acceptors (Lipinski definition) is 5. The summed E-state index contributed by atoms with van der Waals surface area (Å²) in [5.74, 6) is -1.06. The lowest BCUT2D eigenvalue weighted by Crippen LogP contribution is -2.27. The number of phenols is 1. The highest BCUT2D eigenvalue weighted by Crippen LogP contribution is 2.35. The van der Waals surface area contributed by atoms with Gasteiger partial charge >= 0.3 is 0 Å². The number of rotatable bonds is 3. The Kier molecular flexibility index (Phi) is 4.89. The molecule has 0 fully saturated rings. The lowest BCUT2D eigenvalue weighted by atomic mass is 9.77. The lowest BCUT2D eigenvalue weighted by Gasteiger charge is -2.28. The molecule has 6 nitrogen and oxygen atoms in total. The molecule has 1 aliphatic rings. The van der Waals surface area contributed by atoms with Gasteiger partial charge in [-0.05, 0) is 23.6 Å². The van der Waals surface area contributed by atoms with Gasteiger partial charge < -0.3 is 10.2 Å². The van der Waals surface area contributed by atoms with Crippen molar-refractivity contribution in [2.45, 2.75) is 26.7 Å². The SMILES string of the molecule is CC1(C)CC(=O)C(/C=N/NC(=O)c2cc(Br)ccc2O)=C(O)C1. The third-order valence-electron chi connectivity index (χ3n) is 3.46. The molecule has 23 heavy (non-hydrogen) atoms. The van der Waals surface area contributed by atoms with Crippen LogP contribution in [0, 0.1) is 5.41 Å². The molecule has 0 radical (unpaired) electrons. The molecule has 0 saturated carbocycles. The fraction of sp³-hybridized carbons (Fsp3) is 0.312. The van der Waals surface area contributed by atoms with Crippen LogP contribution in [0.25, 0.3) is 0 Å². The van der Waals surface area contributed by atoms with Crippen molar-refractivity contribution in [3.63, 3.8) is 0 Å². The number of nitrogens with one attached hydrogen (secondary N) is 1. The molecule has 0 aromatic heterocycles. The predicted molar refractivity (Wildman–Crippen MR) is 89.4 cm³/mol. The second-order valence-electron chi connectivity index (χ2n) is 6.16. The van der Waals surface area contributed by atoms with Crippen LogP contribution in [0.15, 0.2) is 39.1 Å². The van der Waals surface area contributed by atoms with Crippen molar-refractivity contribution in [3.8, 4) is 5.75 Å². The molecule has 1 aromatic rings. The van der Waals surface area contributed by atoms with Crippen LogP contribution >= 0.6 is 15.9 Å². The zero-order chi connectivity index (χ0) is 17.2. The summed E-state index contributed by atoms with van der Waals surface area (Å²) in [6, 6.07) is 4.43. The summed E-state index contributed by atoms with van der Waals surface area (Å²) in [6.45, 7) is 3.79. The van der Waals surface area contributed by atoms with Crippen LogP contribution in [-0.2, 0) is 4.79 Å². The second kappa shape index (κ2) is 6.54. The minimum absolute atomic E-state index is 0.0328. The molecule has 1 aliphatic carbocycles. The maximum atomic E-state index is 12.0. The van der Waals surface area contributed by atoms with E-state index >= 15 is 0 Å². The van der Waals surface area contributed by atoms with Gasteiger partial charge in [0, 0.05) is 17.3 Å². The molecule has 0 unspecified atom stereocenters. The largest absolute Gasteiger partial charge is 0.511 e. The number of nitrogens with zero attached hydrogens (tertiary/aromatic N) is 1. The topological polar surface area (TPSA) is 99.0 Å². The zero-order valence-electron chi connectivity index (χ0n) is 12.8. The van der Waals surface area contributed by atoms with E-state index in [1.807, 2.05) is 13.8 Å². The number of hydrogen-bond donors (Lipinski definition) is 3. The standard InChI is InChI=1S/C16H17BrN2O4/c1-16(2)6-13(21)11(14(22)7-16)8-18-19-15(23)10-5-9(17)3-4-12(10)20/h3-5,8,20-21H,6-7H2,1-2H3,(H,19,23)/b18-8+. The molecular weight excluding hydrogens is 364 g/mol. The van der Waals surface area contributed by atoms with Crippen molar-refractivity contribution in [1.29, 1.82) is 0 Å². The first-order valence-electron chi connectivity index (χ1n) is 6.97. The Hall–Kier alpha value is -2.15. The summed E-state index contributed by atoms with van der Waals surface area (Å²) in [5, 5.41) is 23.3. The second-order valence-corrected chi connectivity index (χ2v) is 7.08. The summed E-state index contributed by atoms with van der Waals surface area (Å²) < 4.78 is 0.634. The van der Waals surface area contributed by atoms with E-state index in [1.165, 1.54) is 12.1 Å². The van der Waals surface area contributed by atoms with Gasteiger partial charge in [-0.25, -0.2) is 5.43 Å². The first-order valence-corrected chi connectivity index (χ1v) is 7.76. The van der Waals surface area contributed by atoms with Crippen molar-refractivity contribution >= 4 is 33.8 Å². The molecule has 1 amide bonds. The van der Waals surface area contributed by atoms with Gasteiger partial charge in [-0.2, -0.15) is 5.10 Å². The molecule has 0 aliphatic heterocycles. The fourth-order valence-corrected chi connectivity index (χ4v) is 2.72. The third kappa shape index (κ3) is 4.19. The highest BCUT2D eigenvalue weighted by atomic mass is 79.9. The molecule has 7 heteroatoms. The summed E-state index contributed by atoms with van der Waals surface area (Å²) in [7, 11) is 0. The number of allylic oxidation sites excluding steroid dienone is 2. The van der Waals surface area contributed by atoms with Crippen LogP contribution < -0.4 is 5.43 Å². The van der Waals surface area contributed by atoms with E-state index in [-0.39, 0.29) is 33.8 Å². The maximum absolute atomic E-state index is 12.0. The smallest absolute Gasteiger partial charge is 0.275 e. The maximum Gasteiger partial charge on any atom is 0.275 e. The van der Waals surface area contributed by atoms with Crippen molar-refractivity contribution in [3.05, 3.63) is 39.6 Å². The Morgan fingerprint density at radius 2 is 2.04 bits per heavy atom. The number of benzene rings is 1. The van der Waals surface area contributed by atoms with Crippen LogP contribution in [0.5, 0.6) is 5.75 Å². The van der Waals surface area contributed by atoms with Crippen LogP contribution in [0.4, 0.5) is 0 Å². The Morgan fingerprint density at radius 1 is 1.35 bits per heavy atom. The Morgan fingerprint density at radius 3 is 2.70 bits per heavy atom. The quantitative estimate of drug-likeness (QED) is 0.554. The monoisotopic (exact) mass is 380 g/mol. The predicted octanol–water partition coefficient (Wildman–Crippen LogP) is 3.07. The van der Waals surface area contributed by atoms with Crippen LogP contribution in [0.1, 0.15) is 37.0 Å². The molecule has 0 bridgehead atoms. The number of aliphatic hydroxyl groups excluding tert-OH is 1. The van der Waals surface area contributed by atoms with Crippen molar-refractivity contribution < 1.29 is 19.8 Å². The number of ketones is 1. The van der Waals surface area contributed by atoms with E-state index in [9.17, 15) is 19.8 Å². The molecule has 0 spiro atoms. The van der Waals surface area contributed by atoms with Crippen LogP contribution in [-0.4, -0.2) is 28.1 Å². The normalized spacial score (nSPS) is 17.6. The van der Waals surface area contributed by atoms with Crippen molar-refractivity contribution in [2.75, 3.05) is 0 Å².